The molecule has 1 unspecified atom stereocenters. The summed E-state index contributed by atoms with van der Waals surface area (Å²) >= 11 is 0. The maximum absolute atomic E-state index is 10.8. The fourth-order valence-electron chi connectivity index (χ4n) is 1.73. The number of nitrogens with zero attached hydrogens (tertiary/aromatic N) is 2. The van der Waals surface area contributed by atoms with E-state index in [0.29, 0.717) is 5.70 Å². The van der Waals surface area contributed by atoms with Crippen molar-refractivity contribution >= 4 is 5.97 Å². The SMILES string of the molecule is CCC1N(CC)C=C(C(=O)O)N1C. The molecule has 0 aliphatic carbocycles. The molecule has 0 radical (unpaired) electrons. The van der Waals surface area contributed by atoms with E-state index >= 15 is 0 Å². The van der Waals surface area contributed by atoms with E-state index in [4.69, 9.17) is 5.11 Å². The fourth-order valence-corrected chi connectivity index (χ4v) is 1.73. The van der Waals surface area contributed by atoms with Gasteiger partial charge in [-0.05, 0) is 13.3 Å². The van der Waals surface area contributed by atoms with Gasteiger partial charge < -0.3 is 14.9 Å². The number of likely N-dealkylation sites (N-methyl/N-ethyl adjacent to an activating group) is 1. The molecular formula is C9H16N2O2. The van der Waals surface area contributed by atoms with Gasteiger partial charge in [0, 0.05) is 19.8 Å². The van der Waals surface area contributed by atoms with Gasteiger partial charge >= 0.3 is 5.97 Å². The zero-order valence-corrected chi connectivity index (χ0v) is 8.32. The molecule has 1 heterocycles. The van der Waals surface area contributed by atoms with Crippen LogP contribution in [0.1, 0.15) is 20.3 Å². The van der Waals surface area contributed by atoms with Gasteiger partial charge in [0.2, 0.25) is 0 Å². The number of carboxylic acids is 1. The van der Waals surface area contributed by atoms with E-state index in [1.807, 2.05) is 23.8 Å². The van der Waals surface area contributed by atoms with Crippen LogP contribution < -0.4 is 0 Å². The van der Waals surface area contributed by atoms with Crippen molar-refractivity contribution in [1.82, 2.24) is 9.80 Å². The summed E-state index contributed by atoms with van der Waals surface area (Å²) in [6.07, 6.45) is 2.85. The lowest BCUT2D eigenvalue weighted by atomic mass is 10.3. The average Bonchev–Trinajstić information content (AvgIpc) is 2.41. The van der Waals surface area contributed by atoms with Gasteiger partial charge in [-0.25, -0.2) is 4.79 Å². The lowest BCUT2D eigenvalue weighted by molar-refractivity contribution is -0.134. The average molecular weight is 184 g/mol. The quantitative estimate of drug-likeness (QED) is 0.708. The van der Waals surface area contributed by atoms with E-state index in [2.05, 4.69) is 6.92 Å². The van der Waals surface area contributed by atoms with Crippen molar-refractivity contribution in [2.24, 2.45) is 0 Å². The molecule has 0 saturated heterocycles. The Bertz CT molecular complexity index is 238. The molecule has 4 nitrogen and oxygen atoms in total. The predicted molar refractivity (Wildman–Crippen MR) is 49.9 cm³/mol. The minimum Gasteiger partial charge on any atom is -0.477 e. The summed E-state index contributed by atoms with van der Waals surface area (Å²) < 4.78 is 0. The van der Waals surface area contributed by atoms with Crippen LogP contribution in [-0.4, -0.2) is 40.6 Å². The van der Waals surface area contributed by atoms with E-state index in [-0.39, 0.29) is 6.17 Å². The smallest absolute Gasteiger partial charge is 0.353 e. The largest absolute Gasteiger partial charge is 0.477 e. The van der Waals surface area contributed by atoms with Crippen LogP contribution in [0, 0.1) is 0 Å². The molecule has 0 aromatic rings. The van der Waals surface area contributed by atoms with Gasteiger partial charge in [0.25, 0.3) is 0 Å². The van der Waals surface area contributed by atoms with Crippen molar-refractivity contribution < 1.29 is 9.90 Å². The Morgan fingerprint density at radius 1 is 1.62 bits per heavy atom. The highest BCUT2D eigenvalue weighted by Gasteiger charge is 2.30. The first-order chi connectivity index (χ1) is 6.11. The summed E-state index contributed by atoms with van der Waals surface area (Å²) in [5.74, 6) is -0.850. The number of carboxylic acid groups (broad SMARTS) is 1. The van der Waals surface area contributed by atoms with Crippen LogP contribution in [0.3, 0.4) is 0 Å². The first-order valence-corrected chi connectivity index (χ1v) is 4.55. The van der Waals surface area contributed by atoms with Crippen molar-refractivity contribution in [3.63, 3.8) is 0 Å². The van der Waals surface area contributed by atoms with Crippen LogP contribution in [0.5, 0.6) is 0 Å². The molecule has 0 aromatic carbocycles. The predicted octanol–water partition coefficient (Wildman–Crippen LogP) is 0.916. The molecule has 0 bridgehead atoms. The Morgan fingerprint density at radius 3 is 2.54 bits per heavy atom. The second-order valence-corrected chi connectivity index (χ2v) is 3.15. The molecule has 1 aliphatic heterocycles. The maximum atomic E-state index is 10.8. The second-order valence-electron chi connectivity index (χ2n) is 3.15. The molecule has 4 heteroatoms. The lowest BCUT2D eigenvalue weighted by Gasteiger charge is -2.29. The number of hydrogen-bond acceptors (Lipinski definition) is 3. The molecule has 0 saturated carbocycles. The van der Waals surface area contributed by atoms with Crippen molar-refractivity contribution in [3.05, 3.63) is 11.9 Å². The van der Waals surface area contributed by atoms with E-state index in [9.17, 15) is 4.79 Å². The second kappa shape index (κ2) is 3.68. The number of carbonyl (C=O) groups is 1. The Kier molecular flexibility index (Phi) is 2.80. The highest BCUT2D eigenvalue weighted by molar-refractivity contribution is 5.86. The van der Waals surface area contributed by atoms with Gasteiger partial charge in [0.15, 0.2) is 0 Å². The first kappa shape index (κ1) is 9.89. The standard InChI is InChI=1S/C9H16N2O2/c1-4-8-10(3)7(9(12)13)6-11(8)5-2/h6,8H,4-5H2,1-3H3,(H,12,13). The van der Waals surface area contributed by atoms with Crippen LogP contribution in [-0.2, 0) is 4.79 Å². The Morgan fingerprint density at radius 2 is 2.23 bits per heavy atom. The Balaban J connectivity index is 2.84. The molecule has 0 amide bonds. The number of hydrogen-bond donors (Lipinski definition) is 1. The maximum Gasteiger partial charge on any atom is 0.353 e. The van der Waals surface area contributed by atoms with Crippen molar-refractivity contribution in [2.45, 2.75) is 26.4 Å². The molecule has 0 aromatic heterocycles. The molecule has 1 rings (SSSR count). The molecule has 0 spiro atoms. The van der Waals surface area contributed by atoms with Gasteiger partial charge in [-0.1, -0.05) is 6.92 Å². The van der Waals surface area contributed by atoms with Crippen LogP contribution in [0.2, 0.25) is 0 Å². The molecular weight excluding hydrogens is 168 g/mol. The monoisotopic (exact) mass is 184 g/mol. The van der Waals surface area contributed by atoms with E-state index < -0.39 is 5.97 Å². The van der Waals surface area contributed by atoms with Crippen LogP contribution in [0.25, 0.3) is 0 Å². The van der Waals surface area contributed by atoms with Gasteiger partial charge in [0.05, 0.1) is 0 Å². The summed E-state index contributed by atoms with van der Waals surface area (Å²) in [7, 11) is 1.82. The summed E-state index contributed by atoms with van der Waals surface area (Å²) in [5, 5.41) is 8.87. The third-order valence-electron chi connectivity index (χ3n) is 2.45. The van der Waals surface area contributed by atoms with Crippen molar-refractivity contribution in [1.29, 1.82) is 0 Å². The third kappa shape index (κ3) is 1.61. The molecule has 13 heavy (non-hydrogen) atoms. The topological polar surface area (TPSA) is 43.8 Å². The minimum absolute atomic E-state index is 0.205. The lowest BCUT2D eigenvalue weighted by Crippen LogP contribution is -2.37. The third-order valence-corrected chi connectivity index (χ3v) is 2.45. The molecule has 74 valence electrons. The molecule has 0 fully saturated rings. The highest BCUT2D eigenvalue weighted by Crippen LogP contribution is 2.22. The Hall–Kier alpha value is -1.19. The van der Waals surface area contributed by atoms with Crippen LogP contribution in [0.4, 0.5) is 0 Å². The zero-order valence-electron chi connectivity index (χ0n) is 8.32. The molecule has 1 aliphatic rings. The minimum atomic E-state index is -0.850. The highest BCUT2D eigenvalue weighted by atomic mass is 16.4. The number of rotatable bonds is 3. The summed E-state index contributed by atoms with van der Waals surface area (Å²) in [5.41, 5.74) is 0.383. The van der Waals surface area contributed by atoms with E-state index in [0.717, 1.165) is 13.0 Å². The van der Waals surface area contributed by atoms with E-state index in [1.165, 1.54) is 0 Å². The van der Waals surface area contributed by atoms with Gasteiger partial charge in [-0.2, -0.15) is 0 Å². The summed E-state index contributed by atoms with van der Waals surface area (Å²) in [6, 6.07) is 0. The van der Waals surface area contributed by atoms with Crippen LogP contribution >= 0.6 is 0 Å². The molecule has 1 N–H and O–H groups in total. The summed E-state index contributed by atoms with van der Waals surface area (Å²) in [4.78, 5) is 14.7. The van der Waals surface area contributed by atoms with Crippen molar-refractivity contribution in [3.8, 4) is 0 Å². The fraction of sp³-hybridized carbons (Fsp3) is 0.667. The van der Waals surface area contributed by atoms with Gasteiger partial charge in [-0.15, -0.1) is 0 Å². The Labute approximate surface area is 78.4 Å². The van der Waals surface area contributed by atoms with Gasteiger partial charge in [-0.3, -0.25) is 0 Å². The number of aliphatic carboxylic acids is 1. The van der Waals surface area contributed by atoms with Crippen molar-refractivity contribution in [2.75, 3.05) is 13.6 Å². The zero-order chi connectivity index (χ0) is 10.0. The normalized spacial score (nSPS) is 22.1. The van der Waals surface area contributed by atoms with E-state index in [1.54, 1.807) is 6.20 Å². The van der Waals surface area contributed by atoms with Gasteiger partial charge in [0.1, 0.15) is 11.9 Å². The first-order valence-electron chi connectivity index (χ1n) is 4.55. The van der Waals surface area contributed by atoms with Crippen LogP contribution in [0.15, 0.2) is 11.9 Å². The molecule has 1 atom stereocenters. The summed E-state index contributed by atoms with van der Waals surface area (Å²) in [6.45, 7) is 4.93.